The van der Waals surface area contributed by atoms with Gasteiger partial charge in [0.2, 0.25) is 11.8 Å². The van der Waals surface area contributed by atoms with Gasteiger partial charge in [-0.3, -0.25) is 9.59 Å². The van der Waals surface area contributed by atoms with Crippen molar-refractivity contribution in [2.45, 2.75) is 37.9 Å². The number of rotatable bonds is 4. The smallest absolute Gasteiger partial charge is 0.233 e. The van der Waals surface area contributed by atoms with Crippen LogP contribution in [-0.2, 0) is 9.59 Å². The fourth-order valence-corrected chi connectivity index (χ4v) is 2.70. The number of aryl methyl sites for hydroxylation is 1. The van der Waals surface area contributed by atoms with Crippen LogP contribution in [0.2, 0.25) is 0 Å². The first-order valence-corrected chi connectivity index (χ1v) is 7.55. The van der Waals surface area contributed by atoms with Crippen molar-refractivity contribution >= 4 is 46.4 Å². The van der Waals surface area contributed by atoms with E-state index in [2.05, 4.69) is 10.6 Å². The topological polar surface area (TPSA) is 58.2 Å². The second-order valence-electron chi connectivity index (χ2n) is 5.60. The van der Waals surface area contributed by atoms with Gasteiger partial charge in [0, 0.05) is 17.8 Å². The lowest BCUT2D eigenvalue weighted by molar-refractivity contribution is -0.120. The second kappa shape index (κ2) is 5.50. The fraction of sp³-hybridized carbons (Fsp3) is 0.467. The van der Waals surface area contributed by atoms with E-state index < -0.39 is 9.75 Å². The van der Waals surface area contributed by atoms with Gasteiger partial charge in [0.15, 0.2) is 0 Å². The lowest BCUT2D eigenvalue weighted by Crippen LogP contribution is -2.26. The van der Waals surface area contributed by atoms with Crippen LogP contribution in [0.4, 0.5) is 11.4 Å². The summed E-state index contributed by atoms with van der Waals surface area (Å²) in [6.07, 6.45) is 0.828. The normalized spacial score (nSPS) is 22.5. The van der Waals surface area contributed by atoms with Gasteiger partial charge in [-0.2, -0.15) is 0 Å². The molecule has 0 saturated heterocycles. The molecule has 0 heterocycles. The Morgan fingerprint density at radius 3 is 2.43 bits per heavy atom. The molecule has 6 heteroatoms. The van der Waals surface area contributed by atoms with Crippen molar-refractivity contribution in [2.75, 3.05) is 10.6 Å². The van der Waals surface area contributed by atoms with Gasteiger partial charge < -0.3 is 10.6 Å². The summed E-state index contributed by atoms with van der Waals surface area (Å²) < 4.78 is -1.00. The quantitative estimate of drug-likeness (QED) is 0.824. The molecule has 1 aromatic rings. The number of halogens is 2. The number of nitrogens with one attached hydrogen (secondary N) is 2. The van der Waals surface area contributed by atoms with Gasteiger partial charge in [-0.15, -0.1) is 23.2 Å². The van der Waals surface area contributed by atoms with Crippen LogP contribution in [0.5, 0.6) is 0 Å². The summed E-state index contributed by atoms with van der Waals surface area (Å²) in [5.74, 6) is -0.291. The predicted octanol–water partition coefficient (Wildman–Crippen LogP) is 3.87. The molecule has 1 saturated carbocycles. The molecule has 1 aromatic carbocycles. The number of carbonyl (C=O) groups is 2. The molecule has 2 amide bonds. The second-order valence-corrected chi connectivity index (χ2v) is 7.08. The van der Waals surface area contributed by atoms with E-state index in [1.807, 2.05) is 13.0 Å². The lowest BCUT2D eigenvalue weighted by Gasteiger charge is -2.15. The van der Waals surface area contributed by atoms with Crippen LogP contribution in [0.15, 0.2) is 18.2 Å². The minimum atomic E-state index is -1.00. The average molecular weight is 329 g/mol. The van der Waals surface area contributed by atoms with Gasteiger partial charge in [-0.05, 0) is 38.0 Å². The number of hydrogen-bond donors (Lipinski definition) is 2. The zero-order valence-corrected chi connectivity index (χ0v) is 13.7. The molecule has 0 spiro atoms. The summed E-state index contributed by atoms with van der Waals surface area (Å²) in [6.45, 7) is 5.39. The Bertz CT molecular complexity index is 601. The molecule has 1 atom stereocenters. The molecule has 114 valence electrons. The SMILES string of the molecule is CCC(=O)Nc1ccc(C)c(NC(=O)C2(C)CC2(Cl)Cl)c1. The highest BCUT2D eigenvalue weighted by Crippen LogP contribution is 2.64. The van der Waals surface area contributed by atoms with E-state index in [0.29, 0.717) is 24.2 Å². The minimum absolute atomic E-state index is 0.0779. The van der Waals surface area contributed by atoms with Gasteiger partial charge in [0.25, 0.3) is 0 Å². The van der Waals surface area contributed by atoms with Crippen LogP contribution in [0.3, 0.4) is 0 Å². The zero-order chi connectivity index (χ0) is 15.8. The van der Waals surface area contributed by atoms with Crippen molar-refractivity contribution in [3.05, 3.63) is 23.8 Å². The molecule has 1 aliphatic rings. The number of anilines is 2. The molecule has 2 rings (SSSR count). The van der Waals surface area contributed by atoms with Crippen LogP contribution in [0.1, 0.15) is 32.3 Å². The minimum Gasteiger partial charge on any atom is -0.326 e. The van der Waals surface area contributed by atoms with Crippen LogP contribution < -0.4 is 10.6 Å². The van der Waals surface area contributed by atoms with E-state index in [-0.39, 0.29) is 11.8 Å². The molecular formula is C15H18Cl2N2O2. The Kier molecular flexibility index (Phi) is 4.22. The van der Waals surface area contributed by atoms with Crippen molar-refractivity contribution in [1.82, 2.24) is 0 Å². The lowest BCUT2D eigenvalue weighted by atomic mass is 10.1. The van der Waals surface area contributed by atoms with Crippen LogP contribution in [0, 0.1) is 12.3 Å². The molecule has 4 nitrogen and oxygen atoms in total. The monoisotopic (exact) mass is 328 g/mol. The molecule has 21 heavy (non-hydrogen) atoms. The van der Waals surface area contributed by atoms with Gasteiger partial charge in [-0.1, -0.05) is 13.0 Å². The Hall–Kier alpha value is -1.26. The van der Waals surface area contributed by atoms with E-state index >= 15 is 0 Å². The summed E-state index contributed by atoms with van der Waals surface area (Å²) in [6, 6.07) is 5.37. The molecule has 0 radical (unpaired) electrons. The molecule has 1 aliphatic carbocycles. The first-order chi connectivity index (χ1) is 9.69. The summed E-state index contributed by atoms with van der Waals surface area (Å²) in [5, 5.41) is 5.60. The summed E-state index contributed by atoms with van der Waals surface area (Å²) >= 11 is 12.0. The van der Waals surface area contributed by atoms with Gasteiger partial charge in [0.05, 0.1) is 5.41 Å². The molecular weight excluding hydrogens is 311 g/mol. The number of carbonyl (C=O) groups excluding carboxylic acids is 2. The standard InChI is InChI=1S/C15H18Cl2N2O2/c1-4-12(20)18-10-6-5-9(2)11(7-10)19-13(21)14(3)8-15(14,16)17/h5-7H,4,8H2,1-3H3,(H,18,20)(H,19,21). The number of hydrogen-bond acceptors (Lipinski definition) is 2. The van der Waals surface area contributed by atoms with Crippen molar-refractivity contribution in [1.29, 1.82) is 0 Å². The molecule has 1 unspecified atom stereocenters. The Morgan fingerprint density at radius 2 is 1.90 bits per heavy atom. The summed E-state index contributed by atoms with van der Waals surface area (Å²) in [4.78, 5) is 23.7. The van der Waals surface area contributed by atoms with Gasteiger partial charge in [0.1, 0.15) is 4.33 Å². The molecule has 0 aliphatic heterocycles. The number of amides is 2. The number of alkyl halides is 2. The van der Waals surface area contributed by atoms with Gasteiger partial charge in [-0.25, -0.2) is 0 Å². The van der Waals surface area contributed by atoms with E-state index in [4.69, 9.17) is 23.2 Å². The molecule has 2 N–H and O–H groups in total. The summed E-state index contributed by atoms with van der Waals surface area (Å²) in [7, 11) is 0. The summed E-state index contributed by atoms with van der Waals surface area (Å²) in [5.41, 5.74) is 1.42. The average Bonchev–Trinajstić information content (AvgIpc) is 2.94. The third kappa shape index (κ3) is 3.16. The Labute approximate surface area is 134 Å². The van der Waals surface area contributed by atoms with Crippen molar-refractivity contribution < 1.29 is 9.59 Å². The maximum Gasteiger partial charge on any atom is 0.233 e. The third-order valence-corrected chi connectivity index (χ3v) is 4.95. The van der Waals surface area contributed by atoms with E-state index in [0.717, 1.165) is 5.56 Å². The third-order valence-electron chi connectivity index (χ3n) is 3.85. The van der Waals surface area contributed by atoms with Crippen LogP contribution >= 0.6 is 23.2 Å². The first kappa shape index (κ1) is 16.1. The highest BCUT2D eigenvalue weighted by atomic mass is 35.5. The Morgan fingerprint density at radius 1 is 1.29 bits per heavy atom. The predicted molar refractivity (Wildman–Crippen MR) is 85.9 cm³/mol. The molecule has 0 bridgehead atoms. The van der Waals surface area contributed by atoms with E-state index in [1.54, 1.807) is 26.0 Å². The van der Waals surface area contributed by atoms with Gasteiger partial charge >= 0.3 is 0 Å². The maximum atomic E-state index is 12.3. The van der Waals surface area contributed by atoms with Crippen molar-refractivity contribution in [3.8, 4) is 0 Å². The van der Waals surface area contributed by atoms with Crippen molar-refractivity contribution in [2.24, 2.45) is 5.41 Å². The highest BCUT2D eigenvalue weighted by molar-refractivity contribution is 6.53. The largest absolute Gasteiger partial charge is 0.326 e. The van der Waals surface area contributed by atoms with E-state index in [1.165, 1.54) is 0 Å². The van der Waals surface area contributed by atoms with E-state index in [9.17, 15) is 9.59 Å². The fourth-order valence-electron chi connectivity index (χ4n) is 1.99. The van der Waals surface area contributed by atoms with Crippen LogP contribution in [-0.4, -0.2) is 16.1 Å². The highest BCUT2D eigenvalue weighted by Gasteiger charge is 2.67. The van der Waals surface area contributed by atoms with Crippen LogP contribution in [0.25, 0.3) is 0 Å². The molecule has 0 aromatic heterocycles. The number of benzene rings is 1. The van der Waals surface area contributed by atoms with Crippen molar-refractivity contribution in [3.63, 3.8) is 0 Å². The first-order valence-electron chi connectivity index (χ1n) is 6.79. The Balaban J connectivity index is 2.15. The molecule has 1 fully saturated rings. The maximum absolute atomic E-state index is 12.3. The zero-order valence-electron chi connectivity index (χ0n) is 12.2.